The highest BCUT2D eigenvalue weighted by Crippen LogP contribution is 2.32. The number of benzene rings is 1. The van der Waals surface area contributed by atoms with Crippen molar-refractivity contribution in [3.05, 3.63) is 35.7 Å². The first kappa shape index (κ1) is 16.7. The fourth-order valence-electron chi connectivity index (χ4n) is 4.06. The lowest BCUT2D eigenvalue weighted by Crippen LogP contribution is -2.50. The summed E-state index contributed by atoms with van der Waals surface area (Å²) in [5.41, 5.74) is 2.15. The first-order chi connectivity index (χ1) is 12.2. The van der Waals surface area contributed by atoms with Crippen molar-refractivity contribution in [3.8, 4) is 11.4 Å². The second-order valence-electron chi connectivity index (χ2n) is 7.16. The largest absolute Gasteiger partial charge is 0.393 e. The second-order valence-corrected chi connectivity index (χ2v) is 7.16. The minimum Gasteiger partial charge on any atom is -0.393 e. The van der Waals surface area contributed by atoms with Crippen LogP contribution in [0.25, 0.3) is 11.4 Å². The molecule has 1 aromatic carbocycles. The average molecular weight is 343 g/mol. The average Bonchev–Trinajstić information content (AvgIpc) is 3.25. The van der Waals surface area contributed by atoms with Gasteiger partial charge in [-0.1, -0.05) is 35.3 Å². The van der Waals surface area contributed by atoms with Gasteiger partial charge >= 0.3 is 0 Å². The van der Waals surface area contributed by atoms with E-state index in [1.807, 2.05) is 12.1 Å². The third-order valence-electron chi connectivity index (χ3n) is 5.39. The van der Waals surface area contributed by atoms with Crippen molar-refractivity contribution in [1.82, 2.24) is 15.0 Å². The molecule has 0 radical (unpaired) electrons. The molecule has 0 spiro atoms. The van der Waals surface area contributed by atoms with Crippen molar-refractivity contribution in [2.75, 3.05) is 19.8 Å². The zero-order valence-electron chi connectivity index (χ0n) is 14.6. The number of aliphatic hydroxyl groups excluding tert-OH is 1. The zero-order chi connectivity index (χ0) is 17.2. The summed E-state index contributed by atoms with van der Waals surface area (Å²) < 4.78 is 11.2. The van der Waals surface area contributed by atoms with Gasteiger partial charge < -0.3 is 14.4 Å². The predicted molar refractivity (Wildman–Crippen MR) is 92.8 cm³/mol. The van der Waals surface area contributed by atoms with Gasteiger partial charge in [0.1, 0.15) is 0 Å². The summed E-state index contributed by atoms with van der Waals surface area (Å²) in [6.45, 7) is 4.86. The fraction of sp³-hybridized carbons (Fsp3) is 0.579. The summed E-state index contributed by atoms with van der Waals surface area (Å²) in [6.07, 6.45) is 2.82. The highest BCUT2D eigenvalue weighted by atomic mass is 16.5. The van der Waals surface area contributed by atoms with Gasteiger partial charge in [-0.25, -0.2) is 0 Å². The van der Waals surface area contributed by atoms with E-state index in [4.69, 9.17) is 9.26 Å². The van der Waals surface area contributed by atoms with Gasteiger partial charge in [-0.15, -0.1) is 0 Å². The van der Waals surface area contributed by atoms with Crippen molar-refractivity contribution >= 4 is 0 Å². The van der Waals surface area contributed by atoms with E-state index in [0.29, 0.717) is 31.5 Å². The Kier molecular flexibility index (Phi) is 4.83. The summed E-state index contributed by atoms with van der Waals surface area (Å²) in [5, 5.41) is 14.4. The maximum atomic E-state index is 10.3. The molecule has 2 heterocycles. The highest BCUT2D eigenvalue weighted by Gasteiger charge is 2.38. The summed E-state index contributed by atoms with van der Waals surface area (Å²) in [7, 11) is 0. The molecule has 1 saturated carbocycles. The molecule has 0 bridgehead atoms. The maximum Gasteiger partial charge on any atom is 0.241 e. The van der Waals surface area contributed by atoms with Crippen LogP contribution in [0.2, 0.25) is 0 Å². The van der Waals surface area contributed by atoms with E-state index >= 15 is 0 Å². The lowest BCUT2D eigenvalue weighted by Gasteiger charge is -2.39. The molecule has 3 atom stereocenters. The molecule has 1 aliphatic carbocycles. The van der Waals surface area contributed by atoms with Gasteiger partial charge in [-0.2, -0.15) is 4.98 Å². The number of nitrogens with zero attached hydrogens (tertiary/aromatic N) is 3. The van der Waals surface area contributed by atoms with Crippen LogP contribution in [0.4, 0.5) is 0 Å². The normalized spacial score (nSPS) is 27.7. The number of ether oxygens (including phenoxy) is 1. The van der Waals surface area contributed by atoms with Crippen molar-refractivity contribution < 1.29 is 14.4 Å². The molecule has 2 aliphatic rings. The minimum atomic E-state index is -0.222. The van der Waals surface area contributed by atoms with E-state index in [2.05, 4.69) is 34.1 Å². The summed E-state index contributed by atoms with van der Waals surface area (Å²) in [5.74, 6) is 1.53. The molecule has 2 aromatic rings. The van der Waals surface area contributed by atoms with E-state index in [1.165, 1.54) is 5.56 Å². The van der Waals surface area contributed by atoms with Crippen LogP contribution in [0.3, 0.4) is 0 Å². The Morgan fingerprint density at radius 2 is 2.24 bits per heavy atom. The van der Waals surface area contributed by atoms with Crippen LogP contribution >= 0.6 is 0 Å². The van der Waals surface area contributed by atoms with Gasteiger partial charge in [0, 0.05) is 24.1 Å². The van der Waals surface area contributed by atoms with Crippen LogP contribution in [0.15, 0.2) is 28.8 Å². The van der Waals surface area contributed by atoms with Crippen molar-refractivity contribution in [3.63, 3.8) is 0 Å². The summed E-state index contributed by atoms with van der Waals surface area (Å²) in [4.78, 5) is 6.90. The molecule has 134 valence electrons. The quantitative estimate of drug-likeness (QED) is 0.919. The van der Waals surface area contributed by atoms with Crippen LogP contribution in [0, 0.1) is 12.8 Å². The Hall–Kier alpha value is -1.76. The number of aryl methyl sites for hydroxylation is 1. The first-order valence-corrected chi connectivity index (χ1v) is 9.10. The van der Waals surface area contributed by atoms with Gasteiger partial charge in [0.25, 0.3) is 0 Å². The number of morpholine rings is 1. The smallest absolute Gasteiger partial charge is 0.241 e. The Labute approximate surface area is 147 Å². The molecule has 1 aromatic heterocycles. The Morgan fingerprint density at radius 1 is 1.32 bits per heavy atom. The van der Waals surface area contributed by atoms with Crippen molar-refractivity contribution in [1.29, 1.82) is 0 Å². The van der Waals surface area contributed by atoms with E-state index in [0.717, 1.165) is 31.4 Å². The van der Waals surface area contributed by atoms with Gasteiger partial charge in [-0.05, 0) is 25.8 Å². The number of aromatic nitrogens is 2. The van der Waals surface area contributed by atoms with E-state index in [-0.39, 0.29) is 18.1 Å². The molecule has 1 N–H and O–H groups in total. The van der Waals surface area contributed by atoms with E-state index in [9.17, 15) is 5.11 Å². The summed E-state index contributed by atoms with van der Waals surface area (Å²) >= 11 is 0. The maximum absolute atomic E-state index is 10.3. The third-order valence-corrected chi connectivity index (χ3v) is 5.39. The van der Waals surface area contributed by atoms with Gasteiger partial charge in [0.15, 0.2) is 0 Å². The Morgan fingerprint density at radius 3 is 3.04 bits per heavy atom. The molecule has 1 aliphatic heterocycles. The minimum absolute atomic E-state index is 0.222. The van der Waals surface area contributed by atoms with Gasteiger partial charge in [-0.3, -0.25) is 4.90 Å². The van der Waals surface area contributed by atoms with Crippen LogP contribution in [-0.2, 0) is 11.3 Å². The van der Waals surface area contributed by atoms with Gasteiger partial charge in [0.2, 0.25) is 11.7 Å². The number of hydrogen-bond donors (Lipinski definition) is 1. The number of rotatable bonds is 4. The SMILES string of the molecule is Cc1cccc(-c2noc(CN3CCOC[C@@H]3[C@H]3CCC[C@@H]3O)n2)c1. The molecular formula is C19H25N3O3. The molecule has 6 nitrogen and oxygen atoms in total. The summed E-state index contributed by atoms with van der Waals surface area (Å²) in [6, 6.07) is 8.32. The van der Waals surface area contributed by atoms with Crippen LogP contribution in [0.1, 0.15) is 30.7 Å². The Balaban J connectivity index is 1.49. The van der Waals surface area contributed by atoms with Crippen molar-refractivity contribution in [2.24, 2.45) is 5.92 Å². The number of aliphatic hydroxyl groups is 1. The molecule has 0 unspecified atom stereocenters. The molecular weight excluding hydrogens is 318 g/mol. The molecule has 4 rings (SSSR count). The van der Waals surface area contributed by atoms with E-state index in [1.54, 1.807) is 0 Å². The number of hydrogen-bond acceptors (Lipinski definition) is 6. The lowest BCUT2D eigenvalue weighted by molar-refractivity contribution is -0.0567. The fourth-order valence-corrected chi connectivity index (χ4v) is 4.06. The van der Waals surface area contributed by atoms with Crippen LogP contribution in [-0.4, -0.2) is 52.1 Å². The lowest BCUT2D eigenvalue weighted by atomic mass is 9.94. The molecule has 2 fully saturated rings. The molecule has 1 saturated heterocycles. The topological polar surface area (TPSA) is 71.6 Å². The Bertz CT molecular complexity index is 717. The van der Waals surface area contributed by atoms with Crippen LogP contribution < -0.4 is 0 Å². The molecule has 25 heavy (non-hydrogen) atoms. The predicted octanol–water partition coefficient (Wildman–Crippen LogP) is 2.41. The third kappa shape index (κ3) is 3.61. The monoisotopic (exact) mass is 343 g/mol. The second kappa shape index (κ2) is 7.23. The van der Waals surface area contributed by atoms with E-state index < -0.39 is 0 Å². The zero-order valence-corrected chi connectivity index (χ0v) is 14.6. The van der Waals surface area contributed by atoms with Crippen LogP contribution in [0.5, 0.6) is 0 Å². The standard InChI is InChI=1S/C19H25N3O3/c1-13-4-2-5-14(10-13)19-20-18(25-21-19)11-22-8-9-24-12-16(22)15-6-3-7-17(15)23/h2,4-5,10,15-17,23H,3,6-9,11-12H2,1H3/t15-,16-,17+/m1/s1. The highest BCUT2D eigenvalue weighted by molar-refractivity contribution is 5.55. The molecule has 0 amide bonds. The van der Waals surface area contributed by atoms with Gasteiger partial charge in [0.05, 0.1) is 25.9 Å². The first-order valence-electron chi connectivity index (χ1n) is 9.10. The molecule has 6 heteroatoms. The van der Waals surface area contributed by atoms with Crippen molar-refractivity contribution in [2.45, 2.75) is 44.9 Å².